The van der Waals surface area contributed by atoms with E-state index in [1.807, 2.05) is 31.2 Å². The molecule has 0 saturated heterocycles. The number of rotatable bonds is 4. The summed E-state index contributed by atoms with van der Waals surface area (Å²) in [6.45, 7) is 1.93. The van der Waals surface area contributed by atoms with E-state index in [9.17, 15) is 0 Å². The number of hydrogen-bond donors (Lipinski definition) is 1. The molecule has 1 atom stereocenters. The lowest BCUT2D eigenvalue weighted by Crippen LogP contribution is -2.04. The predicted octanol–water partition coefficient (Wildman–Crippen LogP) is 3.29. The molecule has 4 heteroatoms. The zero-order chi connectivity index (χ0) is 14.5. The standard InChI is InChI=1S/C16H16N2O2/c1-11(13-4-3-5-14(18)8-13)20-16-7-12(10-17)6-15(9-16)19-2/h3-9,11H,18H2,1-2H3. The van der Waals surface area contributed by atoms with Crippen LogP contribution in [0.15, 0.2) is 42.5 Å². The van der Waals surface area contributed by atoms with Crippen molar-refractivity contribution in [1.29, 1.82) is 5.26 Å². The Morgan fingerprint density at radius 3 is 2.55 bits per heavy atom. The summed E-state index contributed by atoms with van der Waals surface area (Å²) >= 11 is 0. The summed E-state index contributed by atoms with van der Waals surface area (Å²) in [7, 11) is 1.56. The van der Waals surface area contributed by atoms with E-state index in [0.29, 0.717) is 22.7 Å². The van der Waals surface area contributed by atoms with Crippen molar-refractivity contribution in [3.8, 4) is 17.6 Å². The van der Waals surface area contributed by atoms with E-state index in [0.717, 1.165) is 5.56 Å². The van der Waals surface area contributed by atoms with Gasteiger partial charge in [-0.2, -0.15) is 5.26 Å². The summed E-state index contributed by atoms with van der Waals surface area (Å²) in [6.07, 6.45) is -0.169. The van der Waals surface area contributed by atoms with Crippen LogP contribution in [0.3, 0.4) is 0 Å². The van der Waals surface area contributed by atoms with Gasteiger partial charge in [0.05, 0.1) is 18.7 Å². The number of hydrogen-bond acceptors (Lipinski definition) is 4. The second-order valence-corrected chi connectivity index (χ2v) is 4.44. The van der Waals surface area contributed by atoms with Crippen LogP contribution in [0.1, 0.15) is 24.2 Å². The van der Waals surface area contributed by atoms with E-state index in [1.165, 1.54) is 0 Å². The van der Waals surface area contributed by atoms with Gasteiger partial charge in [0.15, 0.2) is 0 Å². The lowest BCUT2D eigenvalue weighted by Gasteiger charge is -2.16. The van der Waals surface area contributed by atoms with Crippen LogP contribution in [0.2, 0.25) is 0 Å². The highest BCUT2D eigenvalue weighted by Gasteiger charge is 2.09. The Hall–Kier alpha value is -2.67. The smallest absolute Gasteiger partial charge is 0.125 e. The van der Waals surface area contributed by atoms with Gasteiger partial charge < -0.3 is 15.2 Å². The quantitative estimate of drug-likeness (QED) is 0.864. The number of benzene rings is 2. The van der Waals surface area contributed by atoms with Crippen molar-refractivity contribution in [2.24, 2.45) is 0 Å². The third kappa shape index (κ3) is 3.21. The van der Waals surface area contributed by atoms with Gasteiger partial charge in [-0.3, -0.25) is 0 Å². The average Bonchev–Trinajstić information content (AvgIpc) is 2.46. The SMILES string of the molecule is COc1cc(C#N)cc(OC(C)c2cccc(N)c2)c1. The minimum atomic E-state index is -0.169. The van der Waals surface area contributed by atoms with Gasteiger partial charge >= 0.3 is 0 Å². The summed E-state index contributed by atoms with van der Waals surface area (Å²) in [5.74, 6) is 1.19. The number of nitrogen functional groups attached to an aromatic ring is 1. The molecule has 2 rings (SSSR count). The summed E-state index contributed by atoms with van der Waals surface area (Å²) in [6, 6.07) is 14.7. The van der Waals surface area contributed by atoms with Crippen LogP contribution in [0, 0.1) is 11.3 Å². The van der Waals surface area contributed by atoms with Crippen molar-refractivity contribution < 1.29 is 9.47 Å². The zero-order valence-corrected chi connectivity index (χ0v) is 11.5. The monoisotopic (exact) mass is 268 g/mol. The molecular weight excluding hydrogens is 252 g/mol. The van der Waals surface area contributed by atoms with Crippen LogP contribution in [0.25, 0.3) is 0 Å². The molecule has 2 N–H and O–H groups in total. The van der Waals surface area contributed by atoms with Crippen molar-refractivity contribution in [1.82, 2.24) is 0 Å². The first-order valence-electron chi connectivity index (χ1n) is 6.23. The van der Waals surface area contributed by atoms with Crippen molar-refractivity contribution in [3.05, 3.63) is 53.6 Å². The van der Waals surface area contributed by atoms with E-state index in [2.05, 4.69) is 6.07 Å². The molecule has 0 saturated carbocycles. The van der Waals surface area contributed by atoms with Crippen LogP contribution < -0.4 is 15.2 Å². The molecule has 2 aromatic rings. The Labute approximate surface area is 118 Å². The molecule has 0 fully saturated rings. The van der Waals surface area contributed by atoms with Gasteiger partial charge in [-0.05, 0) is 36.8 Å². The number of nitriles is 1. The van der Waals surface area contributed by atoms with Gasteiger partial charge in [-0.15, -0.1) is 0 Å². The molecular formula is C16H16N2O2. The number of nitrogens with zero attached hydrogens (tertiary/aromatic N) is 1. The Kier molecular flexibility index (Phi) is 4.11. The molecule has 0 aliphatic heterocycles. The van der Waals surface area contributed by atoms with Crippen molar-refractivity contribution in [2.75, 3.05) is 12.8 Å². The highest BCUT2D eigenvalue weighted by atomic mass is 16.5. The van der Waals surface area contributed by atoms with Gasteiger partial charge in [0.25, 0.3) is 0 Å². The van der Waals surface area contributed by atoms with Crippen LogP contribution in [0.5, 0.6) is 11.5 Å². The Morgan fingerprint density at radius 2 is 1.90 bits per heavy atom. The number of methoxy groups -OCH3 is 1. The van der Waals surface area contributed by atoms with Crippen molar-refractivity contribution >= 4 is 5.69 Å². The van der Waals surface area contributed by atoms with Crippen molar-refractivity contribution in [3.63, 3.8) is 0 Å². The van der Waals surface area contributed by atoms with Gasteiger partial charge in [-0.1, -0.05) is 12.1 Å². The fraction of sp³-hybridized carbons (Fsp3) is 0.188. The topological polar surface area (TPSA) is 68.3 Å². The fourth-order valence-electron chi connectivity index (χ4n) is 1.91. The van der Waals surface area contributed by atoms with Gasteiger partial charge in [0.1, 0.15) is 17.6 Å². The lowest BCUT2D eigenvalue weighted by molar-refractivity contribution is 0.226. The van der Waals surface area contributed by atoms with E-state index in [-0.39, 0.29) is 6.10 Å². The summed E-state index contributed by atoms with van der Waals surface area (Å²) < 4.78 is 11.0. The average molecular weight is 268 g/mol. The molecule has 0 radical (unpaired) electrons. The summed E-state index contributed by atoms with van der Waals surface area (Å²) in [5.41, 5.74) is 7.94. The van der Waals surface area contributed by atoms with Gasteiger partial charge in [0.2, 0.25) is 0 Å². The molecule has 0 aliphatic rings. The Balaban J connectivity index is 2.23. The van der Waals surface area contributed by atoms with E-state index >= 15 is 0 Å². The first-order chi connectivity index (χ1) is 9.62. The maximum absolute atomic E-state index is 8.99. The van der Waals surface area contributed by atoms with Crippen LogP contribution in [-0.2, 0) is 0 Å². The second-order valence-electron chi connectivity index (χ2n) is 4.44. The minimum absolute atomic E-state index is 0.169. The molecule has 0 aliphatic carbocycles. The highest BCUT2D eigenvalue weighted by Crippen LogP contribution is 2.27. The predicted molar refractivity (Wildman–Crippen MR) is 77.6 cm³/mol. The maximum atomic E-state index is 8.99. The lowest BCUT2D eigenvalue weighted by atomic mass is 10.1. The van der Waals surface area contributed by atoms with E-state index in [4.69, 9.17) is 20.5 Å². The number of ether oxygens (including phenoxy) is 2. The number of nitrogens with two attached hydrogens (primary N) is 1. The maximum Gasteiger partial charge on any atom is 0.125 e. The molecule has 0 heterocycles. The molecule has 0 bridgehead atoms. The van der Waals surface area contributed by atoms with Crippen LogP contribution >= 0.6 is 0 Å². The third-order valence-electron chi connectivity index (χ3n) is 2.94. The first kappa shape index (κ1) is 13.8. The molecule has 4 nitrogen and oxygen atoms in total. The fourth-order valence-corrected chi connectivity index (χ4v) is 1.91. The molecule has 0 spiro atoms. The van der Waals surface area contributed by atoms with Crippen molar-refractivity contribution in [2.45, 2.75) is 13.0 Å². The highest BCUT2D eigenvalue weighted by molar-refractivity contribution is 5.45. The van der Waals surface area contributed by atoms with E-state index < -0.39 is 0 Å². The molecule has 1 unspecified atom stereocenters. The second kappa shape index (κ2) is 5.98. The van der Waals surface area contributed by atoms with Crippen LogP contribution in [0.4, 0.5) is 5.69 Å². The molecule has 0 aromatic heterocycles. The Morgan fingerprint density at radius 1 is 1.15 bits per heavy atom. The largest absolute Gasteiger partial charge is 0.497 e. The molecule has 2 aromatic carbocycles. The van der Waals surface area contributed by atoms with Crippen LogP contribution in [-0.4, -0.2) is 7.11 Å². The van der Waals surface area contributed by atoms with Gasteiger partial charge in [0, 0.05) is 11.8 Å². The number of anilines is 1. The molecule has 20 heavy (non-hydrogen) atoms. The third-order valence-corrected chi connectivity index (χ3v) is 2.94. The molecule has 0 amide bonds. The summed E-state index contributed by atoms with van der Waals surface area (Å²) in [4.78, 5) is 0. The molecule has 102 valence electrons. The van der Waals surface area contributed by atoms with E-state index in [1.54, 1.807) is 25.3 Å². The Bertz CT molecular complexity index is 647. The summed E-state index contributed by atoms with van der Waals surface area (Å²) in [5, 5.41) is 8.99. The minimum Gasteiger partial charge on any atom is -0.497 e. The first-order valence-corrected chi connectivity index (χ1v) is 6.23. The zero-order valence-electron chi connectivity index (χ0n) is 11.5. The normalized spacial score (nSPS) is 11.4. The van der Waals surface area contributed by atoms with Gasteiger partial charge in [-0.25, -0.2) is 0 Å².